The fourth-order valence-electron chi connectivity index (χ4n) is 2.57. The number of halogens is 2. The molecule has 1 saturated carbocycles. The van der Waals surface area contributed by atoms with E-state index < -0.39 is 17.8 Å². The summed E-state index contributed by atoms with van der Waals surface area (Å²) in [6.45, 7) is 5.89. The topological polar surface area (TPSA) is 66.9 Å². The van der Waals surface area contributed by atoms with E-state index in [4.69, 9.17) is 5.73 Å². The monoisotopic (exact) mass is 311 g/mol. The number of likely N-dealkylation sites (tertiary alicyclic amines) is 1. The number of anilines is 1. The Morgan fingerprint density at radius 2 is 2.24 bits per heavy atom. The molecule has 21 heavy (non-hydrogen) atoms. The van der Waals surface area contributed by atoms with Crippen molar-refractivity contribution in [3.05, 3.63) is 16.6 Å². The zero-order valence-electron chi connectivity index (χ0n) is 11.5. The van der Waals surface area contributed by atoms with E-state index in [-0.39, 0.29) is 13.1 Å². The molecule has 2 atom stereocenters. The van der Waals surface area contributed by atoms with E-state index in [1.165, 1.54) is 11.3 Å². The second kappa shape index (κ2) is 4.87. The molecule has 1 aromatic rings. The minimum absolute atomic E-state index is 0.284. The number of nitrogens with two attached hydrogens (primary N) is 1. The molecule has 2 unspecified atom stereocenters. The lowest BCUT2D eigenvalue weighted by Crippen LogP contribution is -2.32. The molecule has 1 aromatic heterocycles. The lowest BCUT2D eigenvalue weighted by Gasteiger charge is -2.19. The summed E-state index contributed by atoms with van der Waals surface area (Å²) < 4.78 is 26.4. The maximum Gasteiger partial charge on any atom is 0.258 e. The molecule has 0 bridgehead atoms. The molecule has 2 heterocycles. The second-order valence-electron chi connectivity index (χ2n) is 5.27. The van der Waals surface area contributed by atoms with Gasteiger partial charge in [0.05, 0.1) is 11.8 Å². The first kappa shape index (κ1) is 14.1. The van der Waals surface area contributed by atoms with E-state index in [0.717, 1.165) is 10.6 Å². The maximum absolute atomic E-state index is 13.2. The highest BCUT2D eigenvalue weighted by Gasteiger charge is 2.72. The Balaban J connectivity index is 1.71. The second-order valence-corrected chi connectivity index (χ2v) is 6.13. The Morgan fingerprint density at radius 3 is 2.76 bits per heavy atom. The number of thiazole rings is 1. The first-order valence-corrected chi connectivity index (χ1v) is 7.37. The molecule has 2 N–H and O–H groups in total. The molecular weight excluding hydrogens is 296 g/mol. The zero-order valence-corrected chi connectivity index (χ0v) is 12.3. The summed E-state index contributed by atoms with van der Waals surface area (Å²) in [5, 5.41) is 2.52. The van der Waals surface area contributed by atoms with Crippen LogP contribution in [-0.2, 0) is 0 Å². The summed E-state index contributed by atoms with van der Waals surface area (Å²) in [7, 11) is 0. The summed E-state index contributed by atoms with van der Waals surface area (Å²) in [4.78, 5) is 14.0. The van der Waals surface area contributed by atoms with Gasteiger partial charge in [0.1, 0.15) is 10.8 Å². The third-order valence-corrected chi connectivity index (χ3v) is 4.85. The van der Waals surface area contributed by atoms with Gasteiger partial charge >= 0.3 is 0 Å². The fraction of sp³-hybridized carbons (Fsp3) is 0.462. The molecule has 2 aliphatic rings. The normalized spacial score (nSPS) is 27.7. The van der Waals surface area contributed by atoms with Crippen LogP contribution in [0.3, 0.4) is 0 Å². The van der Waals surface area contributed by atoms with Gasteiger partial charge in [-0.1, -0.05) is 0 Å². The van der Waals surface area contributed by atoms with Crippen LogP contribution in [0, 0.1) is 11.8 Å². The average Bonchev–Trinajstić information content (AvgIpc) is 2.90. The summed E-state index contributed by atoms with van der Waals surface area (Å²) in [5.41, 5.74) is 6.41. The molecule has 1 aliphatic heterocycles. The number of fused-ring (bicyclic) bond motifs is 1. The van der Waals surface area contributed by atoms with Gasteiger partial charge in [-0.2, -0.15) is 0 Å². The third kappa shape index (κ3) is 2.44. The van der Waals surface area contributed by atoms with Gasteiger partial charge in [0.15, 0.2) is 0 Å². The van der Waals surface area contributed by atoms with Crippen LogP contribution in [0.15, 0.2) is 21.6 Å². The SMILES string of the molecule is C=NC(=N/C=C(\C)c1nc(N)cs1)N1CC2C(C1)C2(F)F. The number of rotatable bonds is 2. The zero-order chi connectivity index (χ0) is 15.2. The summed E-state index contributed by atoms with van der Waals surface area (Å²) in [5.74, 6) is -2.79. The van der Waals surface area contributed by atoms with Crippen molar-refractivity contribution in [3.63, 3.8) is 0 Å². The highest BCUT2D eigenvalue weighted by atomic mass is 32.1. The van der Waals surface area contributed by atoms with Gasteiger partial charge in [0.2, 0.25) is 5.96 Å². The van der Waals surface area contributed by atoms with E-state index in [1.807, 2.05) is 6.92 Å². The minimum Gasteiger partial charge on any atom is -0.383 e. The lowest BCUT2D eigenvalue weighted by atomic mass is 10.3. The first-order valence-electron chi connectivity index (χ1n) is 6.49. The minimum atomic E-state index is -2.51. The Labute approximate surface area is 124 Å². The van der Waals surface area contributed by atoms with Gasteiger partial charge in [-0.05, 0) is 13.6 Å². The van der Waals surface area contributed by atoms with Crippen molar-refractivity contribution in [1.29, 1.82) is 0 Å². The Kier molecular flexibility index (Phi) is 3.27. The van der Waals surface area contributed by atoms with E-state index in [9.17, 15) is 8.78 Å². The third-order valence-electron chi connectivity index (χ3n) is 3.86. The van der Waals surface area contributed by atoms with E-state index in [1.54, 1.807) is 16.5 Å². The number of nitrogen functional groups attached to an aromatic ring is 1. The molecule has 2 fully saturated rings. The van der Waals surface area contributed by atoms with Crippen LogP contribution < -0.4 is 5.73 Å². The molecule has 0 spiro atoms. The van der Waals surface area contributed by atoms with Gasteiger partial charge in [0.25, 0.3) is 5.92 Å². The number of hydrogen-bond donors (Lipinski definition) is 1. The predicted molar refractivity (Wildman–Crippen MR) is 80.7 cm³/mol. The van der Waals surface area contributed by atoms with Crippen LogP contribution in [0.5, 0.6) is 0 Å². The molecule has 1 aliphatic carbocycles. The average molecular weight is 311 g/mol. The molecule has 0 radical (unpaired) electrons. The Bertz CT molecular complexity index is 622. The molecule has 3 rings (SSSR count). The van der Waals surface area contributed by atoms with Gasteiger partial charge < -0.3 is 10.6 Å². The molecule has 8 heteroatoms. The fourth-order valence-corrected chi connectivity index (χ4v) is 3.25. The number of alkyl halides is 2. The van der Waals surface area contributed by atoms with Gasteiger partial charge in [-0.3, -0.25) is 0 Å². The highest BCUT2D eigenvalue weighted by molar-refractivity contribution is 7.11. The van der Waals surface area contributed by atoms with Crippen LogP contribution in [0.4, 0.5) is 14.6 Å². The molecule has 1 saturated heterocycles. The van der Waals surface area contributed by atoms with Crippen LogP contribution in [0.25, 0.3) is 5.57 Å². The van der Waals surface area contributed by atoms with Crippen molar-refractivity contribution in [1.82, 2.24) is 9.88 Å². The largest absolute Gasteiger partial charge is 0.383 e. The van der Waals surface area contributed by atoms with Crippen molar-refractivity contribution in [2.24, 2.45) is 21.8 Å². The number of nitrogens with zero attached hydrogens (tertiary/aromatic N) is 4. The Morgan fingerprint density at radius 1 is 1.57 bits per heavy atom. The number of aromatic nitrogens is 1. The molecule has 0 aromatic carbocycles. The molecular formula is C13H15F2N5S. The summed E-state index contributed by atoms with van der Waals surface area (Å²) in [6.07, 6.45) is 1.62. The molecule has 112 valence electrons. The van der Waals surface area contributed by atoms with E-state index >= 15 is 0 Å². The summed E-state index contributed by atoms with van der Waals surface area (Å²) in [6, 6.07) is 0. The van der Waals surface area contributed by atoms with Crippen molar-refractivity contribution < 1.29 is 8.78 Å². The van der Waals surface area contributed by atoms with E-state index in [0.29, 0.717) is 11.8 Å². The standard InChI is InChI=1S/C13H15F2N5S/c1-7(11-19-10(16)6-21-11)3-18-12(17-2)20-4-8-9(5-20)13(8,14)15/h3,6,8-9H,2,4-5,16H2,1H3/b7-3+,18-12?. The van der Waals surface area contributed by atoms with Crippen LogP contribution in [-0.4, -0.2) is 41.6 Å². The maximum atomic E-state index is 13.2. The van der Waals surface area contributed by atoms with Crippen molar-refractivity contribution in [3.8, 4) is 0 Å². The van der Waals surface area contributed by atoms with Crippen molar-refractivity contribution >= 4 is 35.4 Å². The van der Waals surface area contributed by atoms with Crippen LogP contribution >= 0.6 is 11.3 Å². The van der Waals surface area contributed by atoms with Crippen molar-refractivity contribution in [2.45, 2.75) is 12.8 Å². The number of allylic oxidation sites excluding steroid dienone is 1. The number of aliphatic imine (C=N–C) groups is 2. The Hall–Kier alpha value is -1.83. The van der Waals surface area contributed by atoms with Gasteiger partial charge in [-0.15, -0.1) is 11.3 Å². The van der Waals surface area contributed by atoms with Crippen molar-refractivity contribution in [2.75, 3.05) is 18.8 Å². The van der Waals surface area contributed by atoms with E-state index in [2.05, 4.69) is 21.7 Å². The molecule has 0 amide bonds. The predicted octanol–water partition coefficient (Wildman–Crippen LogP) is 2.34. The number of piperidine rings is 1. The van der Waals surface area contributed by atoms with Gasteiger partial charge in [0, 0.05) is 30.2 Å². The quantitative estimate of drug-likeness (QED) is 0.673. The van der Waals surface area contributed by atoms with Crippen LogP contribution in [0.2, 0.25) is 0 Å². The smallest absolute Gasteiger partial charge is 0.258 e. The molecule has 5 nitrogen and oxygen atoms in total. The summed E-state index contributed by atoms with van der Waals surface area (Å²) >= 11 is 1.42. The van der Waals surface area contributed by atoms with Gasteiger partial charge in [-0.25, -0.2) is 23.7 Å². The number of guanidine groups is 1. The number of hydrogen-bond acceptors (Lipinski definition) is 4. The lowest BCUT2D eigenvalue weighted by molar-refractivity contribution is 0.0643. The first-order chi connectivity index (χ1) is 9.93. The van der Waals surface area contributed by atoms with Crippen LogP contribution in [0.1, 0.15) is 11.9 Å². The highest BCUT2D eigenvalue weighted by Crippen LogP contribution is 2.59.